The molecule has 0 radical (unpaired) electrons. The van der Waals surface area contributed by atoms with Crippen molar-refractivity contribution < 1.29 is 14.6 Å². The average Bonchev–Trinajstić information content (AvgIpc) is 2.43. The maximum absolute atomic E-state index is 11.3. The minimum Gasteiger partial charge on any atom is -0.491 e. The van der Waals surface area contributed by atoms with Crippen molar-refractivity contribution >= 4 is 11.6 Å². The second-order valence-corrected chi connectivity index (χ2v) is 5.13. The van der Waals surface area contributed by atoms with Gasteiger partial charge in [-0.1, -0.05) is 20.3 Å². The van der Waals surface area contributed by atoms with Crippen LogP contribution in [0, 0.1) is 5.92 Å². The first kappa shape index (κ1) is 13.9. The van der Waals surface area contributed by atoms with E-state index in [1.165, 1.54) is 0 Å². The van der Waals surface area contributed by atoms with Gasteiger partial charge in [-0.25, -0.2) is 0 Å². The summed E-state index contributed by atoms with van der Waals surface area (Å²) in [6, 6.07) is 5.63. The first-order valence-electron chi connectivity index (χ1n) is 6.83. The summed E-state index contributed by atoms with van der Waals surface area (Å²) in [6.07, 6.45) is 1.75. The van der Waals surface area contributed by atoms with E-state index in [0.29, 0.717) is 13.0 Å². The molecule has 0 spiro atoms. The van der Waals surface area contributed by atoms with E-state index < -0.39 is 6.10 Å². The molecule has 0 aliphatic carbocycles. The molecule has 2 unspecified atom stereocenters. The van der Waals surface area contributed by atoms with Crippen LogP contribution in [-0.2, 0) is 11.2 Å². The zero-order valence-electron chi connectivity index (χ0n) is 11.5. The van der Waals surface area contributed by atoms with Crippen LogP contribution in [0.2, 0.25) is 0 Å². The lowest BCUT2D eigenvalue weighted by atomic mass is 10.0. The number of nitrogens with one attached hydrogen (secondary N) is 1. The number of amides is 1. The van der Waals surface area contributed by atoms with Gasteiger partial charge < -0.3 is 15.2 Å². The average molecular weight is 263 g/mol. The van der Waals surface area contributed by atoms with Crippen molar-refractivity contribution in [1.29, 1.82) is 0 Å². The molecule has 104 valence electrons. The number of fused-ring (bicyclic) bond motifs is 1. The smallest absolute Gasteiger partial charge is 0.224 e. The molecule has 0 fully saturated rings. The Morgan fingerprint density at radius 1 is 1.42 bits per heavy atom. The molecule has 1 aliphatic rings. The Bertz CT molecular complexity index is 459. The molecule has 2 atom stereocenters. The number of aryl methyl sites for hydroxylation is 1. The van der Waals surface area contributed by atoms with Crippen molar-refractivity contribution in [3.8, 4) is 5.75 Å². The Balaban J connectivity index is 1.97. The van der Waals surface area contributed by atoms with E-state index in [9.17, 15) is 9.90 Å². The van der Waals surface area contributed by atoms with E-state index in [0.717, 1.165) is 29.8 Å². The standard InChI is InChI=1S/C15H21NO3/c1-3-10(2)14(17)9-19-12-5-6-13-11(8-12)4-7-15(18)16-13/h5-6,8,10,14,17H,3-4,7,9H2,1-2H3,(H,16,18). The Morgan fingerprint density at radius 2 is 2.21 bits per heavy atom. The lowest BCUT2D eigenvalue weighted by molar-refractivity contribution is -0.116. The fourth-order valence-electron chi connectivity index (χ4n) is 2.07. The minimum atomic E-state index is -0.444. The third-order valence-corrected chi connectivity index (χ3v) is 3.69. The molecular weight excluding hydrogens is 242 g/mol. The molecule has 1 amide bonds. The van der Waals surface area contributed by atoms with Crippen molar-refractivity contribution in [3.63, 3.8) is 0 Å². The zero-order chi connectivity index (χ0) is 13.8. The Morgan fingerprint density at radius 3 is 2.95 bits per heavy atom. The van der Waals surface area contributed by atoms with E-state index in [1.54, 1.807) is 0 Å². The van der Waals surface area contributed by atoms with Gasteiger partial charge in [-0.2, -0.15) is 0 Å². The first-order valence-corrected chi connectivity index (χ1v) is 6.83. The van der Waals surface area contributed by atoms with Gasteiger partial charge >= 0.3 is 0 Å². The van der Waals surface area contributed by atoms with Gasteiger partial charge in [0.25, 0.3) is 0 Å². The van der Waals surface area contributed by atoms with E-state index >= 15 is 0 Å². The highest BCUT2D eigenvalue weighted by atomic mass is 16.5. The third kappa shape index (κ3) is 3.47. The minimum absolute atomic E-state index is 0.0633. The van der Waals surface area contributed by atoms with Gasteiger partial charge in [-0.05, 0) is 36.1 Å². The second kappa shape index (κ2) is 6.06. The van der Waals surface area contributed by atoms with E-state index in [-0.39, 0.29) is 11.8 Å². The molecule has 2 rings (SSSR count). The molecular formula is C15H21NO3. The van der Waals surface area contributed by atoms with Gasteiger partial charge in [0.15, 0.2) is 0 Å². The van der Waals surface area contributed by atoms with E-state index in [2.05, 4.69) is 12.2 Å². The summed E-state index contributed by atoms with van der Waals surface area (Å²) in [7, 11) is 0. The number of anilines is 1. The van der Waals surface area contributed by atoms with Crippen molar-refractivity contribution in [2.75, 3.05) is 11.9 Å². The number of aliphatic hydroxyl groups excluding tert-OH is 1. The number of benzene rings is 1. The summed E-state index contributed by atoms with van der Waals surface area (Å²) < 4.78 is 5.62. The molecule has 0 aromatic heterocycles. The second-order valence-electron chi connectivity index (χ2n) is 5.13. The van der Waals surface area contributed by atoms with Crippen molar-refractivity contribution in [2.45, 2.75) is 39.2 Å². The lowest BCUT2D eigenvalue weighted by Gasteiger charge is -2.20. The maximum atomic E-state index is 11.3. The van der Waals surface area contributed by atoms with Crippen LogP contribution >= 0.6 is 0 Å². The number of carbonyl (C=O) groups excluding carboxylic acids is 1. The molecule has 4 nitrogen and oxygen atoms in total. The Kier molecular flexibility index (Phi) is 4.43. The van der Waals surface area contributed by atoms with Crippen molar-refractivity contribution in [1.82, 2.24) is 0 Å². The number of ether oxygens (including phenoxy) is 1. The molecule has 0 bridgehead atoms. The zero-order valence-corrected chi connectivity index (χ0v) is 11.5. The number of hydrogen-bond acceptors (Lipinski definition) is 3. The molecule has 0 saturated carbocycles. The number of hydrogen-bond donors (Lipinski definition) is 2. The van der Waals surface area contributed by atoms with Gasteiger partial charge in [-0.3, -0.25) is 4.79 Å². The van der Waals surface area contributed by atoms with Gasteiger partial charge in [0.05, 0.1) is 6.10 Å². The van der Waals surface area contributed by atoms with E-state index in [4.69, 9.17) is 4.74 Å². The predicted molar refractivity (Wildman–Crippen MR) is 74.3 cm³/mol. The maximum Gasteiger partial charge on any atom is 0.224 e. The monoisotopic (exact) mass is 263 g/mol. The van der Waals surface area contributed by atoms with Gasteiger partial charge in [0, 0.05) is 12.1 Å². The van der Waals surface area contributed by atoms with Crippen LogP contribution in [0.5, 0.6) is 5.75 Å². The Labute approximate surface area is 113 Å². The molecule has 1 aromatic carbocycles. The van der Waals surface area contributed by atoms with Crippen LogP contribution in [-0.4, -0.2) is 23.7 Å². The highest BCUT2D eigenvalue weighted by Crippen LogP contribution is 2.27. The van der Waals surface area contributed by atoms with E-state index in [1.807, 2.05) is 25.1 Å². The summed E-state index contributed by atoms with van der Waals surface area (Å²) in [6.45, 7) is 4.37. The van der Waals surface area contributed by atoms with Crippen LogP contribution in [0.3, 0.4) is 0 Å². The summed E-state index contributed by atoms with van der Waals surface area (Å²) in [5.41, 5.74) is 1.96. The molecule has 1 heterocycles. The van der Waals surface area contributed by atoms with Gasteiger partial charge in [0.1, 0.15) is 12.4 Å². The summed E-state index contributed by atoms with van der Waals surface area (Å²) in [5, 5.41) is 12.7. The van der Waals surface area contributed by atoms with Crippen LogP contribution in [0.15, 0.2) is 18.2 Å². The van der Waals surface area contributed by atoms with Crippen LogP contribution in [0.4, 0.5) is 5.69 Å². The molecule has 1 aliphatic heterocycles. The summed E-state index contributed by atoms with van der Waals surface area (Å²) >= 11 is 0. The molecule has 2 N–H and O–H groups in total. The fraction of sp³-hybridized carbons (Fsp3) is 0.533. The SMILES string of the molecule is CCC(C)C(O)COc1ccc2c(c1)CCC(=O)N2. The summed E-state index contributed by atoms with van der Waals surface area (Å²) in [5.74, 6) is 1.04. The molecule has 4 heteroatoms. The first-order chi connectivity index (χ1) is 9.10. The largest absolute Gasteiger partial charge is 0.491 e. The quantitative estimate of drug-likeness (QED) is 0.857. The number of carbonyl (C=O) groups is 1. The highest BCUT2D eigenvalue weighted by molar-refractivity contribution is 5.93. The van der Waals surface area contributed by atoms with Crippen molar-refractivity contribution in [2.24, 2.45) is 5.92 Å². The third-order valence-electron chi connectivity index (χ3n) is 3.69. The molecule has 1 aromatic rings. The highest BCUT2D eigenvalue weighted by Gasteiger charge is 2.16. The van der Waals surface area contributed by atoms with Gasteiger partial charge in [-0.15, -0.1) is 0 Å². The Hall–Kier alpha value is -1.55. The van der Waals surface area contributed by atoms with Crippen LogP contribution in [0.25, 0.3) is 0 Å². The topological polar surface area (TPSA) is 58.6 Å². The molecule has 19 heavy (non-hydrogen) atoms. The van der Waals surface area contributed by atoms with Crippen LogP contribution < -0.4 is 10.1 Å². The van der Waals surface area contributed by atoms with Crippen molar-refractivity contribution in [3.05, 3.63) is 23.8 Å². The predicted octanol–water partition coefficient (Wildman–Crippen LogP) is 2.36. The van der Waals surface area contributed by atoms with Gasteiger partial charge in [0.2, 0.25) is 5.91 Å². The van der Waals surface area contributed by atoms with Crippen LogP contribution in [0.1, 0.15) is 32.3 Å². The fourth-order valence-corrected chi connectivity index (χ4v) is 2.07. The normalized spacial score (nSPS) is 17.3. The summed E-state index contributed by atoms with van der Waals surface area (Å²) in [4.78, 5) is 11.3. The molecule has 0 saturated heterocycles. The number of rotatable bonds is 5. The number of aliphatic hydroxyl groups is 1. The lowest BCUT2D eigenvalue weighted by Crippen LogP contribution is -2.25.